The average Bonchev–Trinajstić information content (AvgIpc) is 3.17. The van der Waals surface area contributed by atoms with Crippen molar-refractivity contribution in [3.63, 3.8) is 0 Å². The van der Waals surface area contributed by atoms with E-state index in [1.54, 1.807) is 54.6 Å². The topological polar surface area (TPSA) is 102 Å². The Balaban J connectivity index is 2.02. The van der Waals surface area contributed by atoms with Crippen molar-refractivity contribution in [3.05, 3.63) is 94.6 Å². The molecule has 1 aliphatic rings. The first-order valence-electron chi connectivity index (χ1n) is 11.1. The summed E-state index contributed by atoms with van der Waals surface area (Å²) in [5, 5.41) is 11.5. The maximum atomic E-state index is 13.5. The number of carbonyl (C=O) groups is 3. The van der Waals surface area contributed by atoms with Crippen molar-refractivity contribution in [2.75, 3.05) is 26.2 Å². The number of esters is 1. The van der Waals surface area contributed by atoms with Crippen LogP contribution in [0.5, 0.6) is 11.5 Å². The maximum absolute atomic E-state index is 13.5. The number of para-hydroxylation sites is 1. The summed E-state index contributed by atoms with van der Waals surface area (Å²) in [6.07, 6.45) is 0. The highest BCUT2D eigenvalue weighted by atomic mass is 16.5. The molecule has 1 atom stereocenters. The van der Waals surface area contributed by atoms with E-state index in [0.29, 0.717) is 17.1 Å². The summed E-state index contributed by atoms with van der Waals surface area (Å²) in [6.45, 7) is 1.84. The number of aliphatic hydroxyl groups is 1. The van der Waals surface area contributed by atoms with Gasteiger partial charge in [-0.3, -0.25) is 14.5 Å². The second kappa shape index (κ2) is 9.95. The number of rotatable bonds is 6. The zero-order chi connectivity index (χ0) is 26.0. The fourth-order valence-electron chi connectivity index (χ4n) is 4.34. The third kappa shape index (κ3) is 4.17. The number of ketones is 1. The molecule has 8 heteroatoms. The van der Waals surface area contributed by atoms with Gasteiger partial charge in [0.2, 0.25) is 0 Å². The quantitative estimate of drug-likeness (QED) is 0.238. The number of aliphatic hydroxyl groups excluding tert-OH is 1. The van der Waals surface area contributed by atoms with Crippen molar-refractivity contribution in [2.45, 2.75) is 13.0 Å². The van der Waals surface area contributed by atoms with Gasteiger partial charge in [0, 0.05) is 11.3 Å². The molecule has 1 amide bonds. The fraction of sp³-hybridized carbons (Fsp3) is 0.179. The van der Waals surface area contributed by atoms with Crippen LogP contribution in [0.3, 0.4) is 0 Å². The van der Waals surface area contributed by atoms with Crippen LogP contribution in [-0.2, 0) is 14.3 Å². The molecule has 1 saturated heterocycles. The van der Waals surface area contributed by atoms with E-state index in [1.165, 1.54) is 32.3 Å². The smallest absolute Gasteiger partial charge is 0.337 e. The highest BCUT2D eigenvalue weighted by Crippen LogP contribution is 2.45. The van der Waals surface area contributed by atoms with Gasteiger partial charge in [-0.25, -0.2) is 4.79 Å². The third-order valence-corrected chi connectivity index (χ3v) is 6.03. The van der Waals surface area contributed by atoms with Crippen LogP contribution in [0, 0.1) is 6.92 Å². The van der Waals surface area contributed by atoms with Gasteiger partial charge < -0.3 is 19.3 Å². The molecule has 8 nitrogen and oxygen atoms in total. The van der Waals surface area contributed by atoms with Crippen LogP contribution in [0.15, 0.2) is 72.3 Å². The molecule has 0 radical (unpaired) electrons. The largest absolute Gasteiger partial charge is 0.507 e. The summed E-state index contributed by atoms with van der Waals surface area (Å²) >= 11 is 0. The first kappa shape index (κ1) is 24.5. The van der Waals surface area contributed by atoms with E-state index in [0.717, 1.165) is 5.56 Å². The first-order chi connectivity index (χ1) is 17.3. The van der Waals surface area contributed by atoms with Gasteiger partial charge in [0.1, 0.15) is 17.3 Å². The summed E-state index contributed by atoms with van der Waals surface area (Å²) < 4.78 is 15.8. The van der Waals surface area contributed by atoms with Crippen LogP contribution in [-0.4, -0.2) is 44.1 Å². The van der Waals surface area contributed by atoms with Gasteiger partial charge in [-0.05, 0) is 43.3 Å². The molecule has 4 rings (SSSR count). The molecule has 0 aromatic heterocycles. The van der Waals surface area contributed by atoms with Crippen molar-refractivity contribution in [3.8, 4) is 11.5 Å². The van der Waals surface area contributed by atoms with Crippen molar-refractivity contribution in [1.29, 1.82) is 0 Å². The van der Waals surface area contributed by atoms with E-state index >= 15 is 0 Å². The van der Waals surface area contributed by atoms with Gasteiger partial charge in [0.25, 0.3) is 11.7 Å². The molecule has 0 bridgehead atoms. The Morgan fingerprint density at radius 3 is 2.31 bits per heavy atom. The van der Waals surface area contributed by atoms with Crippen molar-refractivity contribution in [2.24, 2.45) is 0 Å². The summed E-state index contributed by atoms with van der Waals surface area (Å²) in [5.41, 5.74) is 1.94. The second-order valence-electron chi connectivity index (χ2n) is 8.16. The number of ether oxygens (including phenoxy) is 3. The molecule has 3 aromatic rings. The van der Waals surface area contributed by atoms with E-state index in [-0.39, 0.29) is 28.1 Å². The minimum Gasteiger partial charge on any atom is -0.507 e. The summed E-state index contributed by atoms with van der Waals surface area (Å²) in [6, 6.07) is 17.2. The molecule has 0 saturated carbocycles. The lowest BCUT2D eigenvalue weighted by atomic mass is 9.93. The number of carbonyl (C=O) groups excluding carboxylic acids is 3. The zero-order valence-electron chi connectivity index (χ0n) is 20.3. The Morgan fingerprint density at radius 2 is 1.61 bits per heavy atom. The van der Waals surface area contributed by atoms with Crippen molar-refractivity contribution >= 4 is 29.1 Å². The van der Waals surface area contributed by atoms with E-state index in [9.17, 15) is 19.5 Å². The number of amides is 1. The van der Waals surface area contributed by atoms with Crippen molar-refractivity contribution < 1.29 is 33.7 Å². The first-order valence-corrected chi connectivity index (χ1v) is 11.1. The average molecular weight is 488 g/mol. The Labute approximate surface area is 208 Å². The molecule has 0 aliphatic carbocycles. The lowest BCUT2D eigenvalue weighted by molar-refractivity contribution is -0.132. The molecular weight excluding hydrogens is 462 g/mol. The van der Waals surface area contributed by atoms with Crippen LogP contribution >= 0.6 is 0 Å². The van der Waals surface area contributed by atoms with Crippen LogP contribution in [0.4, 0.5) is 5.69 Å². The molecule has 184 valence electrons. The van der Waals surface area contributed by atoms with Gasteiger partial charge >= 0.3 is 5.97 Å². The fourth-order valence-corrected chi connectivity index (χ4v) is 4.34. The predicted molar refractivity (Wildman–Crippen MR) is 133 cm³/mol. The highest BCUT2D eigenvalue weighted by Gasteiger charge is 2.48. The highest BCUT2D eigenvalue weighted by molar-refractivity contribution is 6.51. The van der Waals surface area contributed by atoms with Gasteiger partial charge in [-0.15, -0.1) is 0 Å². The summed E-state index contributed by atoms with van der Waals surface area (Å²) in [5.74, 6) is -1.95. The molecule has 0 spiro atoms. The summed E-state index contributed by atoms with van der Waals surface area (Å²) in [7, 11) is 4.19. The number of methoxy groups -OCH3 is 3. The molecule has 1 N–H and O–H groups in total. The monoisotopic (exact) mass is 487 g/mol. The molecular formula is C28H25NO7. The number of Topliss-reactive ketones (excluding diaryl/α,β-unsaturated/α-hetero) is 1. The number of hydrogen-bond acceptors (Lipinski definition) is 7. The minimum absolute atomic E-state index is 0.128. The van der Waals surface area contributed by atoms with Crippen LogP contribution in [0.2, 0.25) is 0 Å². The van der Waals surface area contributed by atoms with Gasteiger partial charge in [0.05, 0.1) is 44.1 Å². The SMILES string of the molecule is COC(=O)c1cccc(N2C(=O)C(=O)/C(=C(/O)c3cc(C)ccc3OC)C2c2ccccc2OC)c1. The molecule has 1 unspecified atom stereocenters. The van der Waals surface area contributed by atoms with E-state index < -0.39 is 23.7 Å². The number of anilines is 1. The minimum atomic E-state index is -1.04. The Morgan fingerprint density at radius 1 is 0.889 bits per heavy atom. The van der Waals surface area contributed by atoms with Gasteiger partial charge in [-0.1, -0.05) is 35.9 Å². The number of nitrogens with zero attached hydrogens (tertiary/aromatic N) is 1. The van der Waals surface area contributed by atoms with Crippen LogP contribution < -0.4 is 14.4 Å². The van der Waals surface area contributed by atoms with E-state index in [4.69, 9.17) is 14.2 Å². The standard InChI is InChI=1S/C28H25NO7/c1-16-12-13-22(35-3)20(14-16)25(30)23-24(19-10-5-6-11-21(19)34-2)29(27(32)26(23)31)18-9-7-8-17(15-18)28(33)36-4/h5-15,24,30H,1-4H3/b25-23+. The predicted octanol–water partition coefficient (Wildman–Crippen LogP) is 4.43. The lowest BCUT2D eigenvalue weighted by Gasteiger charge is -2.27. The maximum Gasteiger partial charge on any atom is 0.337 e. The lowest BCUT2D eigenvalue weighted by Crippen LogP contribution is -2.29. The molecule has 36 heavy (non-hydrogen) atoms. The van der Waals surface area contributed by atoms with Gasteiger partial charge in [0.15, 0.2) is 0 Å². The normalized spacial score (nSPS) is 16.7. The number of hydrogen-bond donors (Lipinski definition) is 1. The molecule has 1 heterocycles. The van der Waals surface area contributed by atoms with Crippen LogP contribution in [0.1, 0.15) is 33.1 Å². The summed E-state index contributed by atoms with van der Waals surface area (Å²) in [4.78, 5) is 40.3. The number of aryl methyl sites for hydroxylation is 1. The van der Waals surface area contributed by atoms with Crippen LogP contribution in [0.25, 0.3) is 5.76 Å². The van der Waals surface area contributed by atoms with E-state index in [1.807, 2.05) is 13.0 Å². The second-order valence-corrected chi connectivity index (χ2v) is 8.16. The van der Waals surface area contributed by atoms with Gasteiger partial charge in [-0.2, -0.15) is 0 Å². The van der Waals surface area contributed by atoms with E-state index in [2.05, 4.69) is 0 Å². The molecule has 3 aromatic carbocycles. The third-order valence-electron chi connectivity index (χ3n) is 6.03. The number of benzene rings is 3. The zero-order valence-corrected chi connectivity index (χ0v) is 20.3. The molecule has 1 fully saturated rings. The Hall–Kier alpha value is -4.59. The molecule has 1 aliphatic heterocycles. The van der Waals surface area contributed by atoms with Crippen molar-refractivity contribution in [1.82, 2.24) is 0 Å². The Kier molecular flexibility index (Phi) is 6.78. The Bertz CT molecular complexity index is 1390.